The Kier molecular flexibility index (Phi) is 5.31. The molecule has 1 saturated heterocycles. The highest BCUT2D eigenvalue weighted by Gasteiger charge is 2.16. The highest BCUT2D eigenvalue weighted by Crippen LogP contribution is 2.17. The first-order valence-corrected chi connectivity index (χ1v) is 8.76. The van der Waals surface area contributed by atoms with Gasteiger partial charge in [-0.15, -0.1) is 11.3 Å². The van der Waals surface area contributed by atoms with E-state index in [1.165, 1.54) is 10.4 Å². The molecule has 1 fully saturated rings. The first kappa shape index (κ1) is 16.0. The molecular formula is C18H21NO3S. The number of rotatable bonds is 6. The van der Waals surface area contributed by atoms with Gasteiger partial charge in [0.2, 0.25) is 0 Å². The molecule has 2 heterocycles. The third-order valence-electron chi connectivity index (χ3n) is 3.95. The van der Waals surface area contributed by atoms with E-state index in [0.717, 1.165) is 25.2 Å². The molecule has 3 rings (SSSR count). The average Bonchev–Trinajstić information content (AvgIpc) is 3.23. The van der Waals surface area contributed by atoms with E-state index in [1.807, 2.05) is 17.5 Å². The molecule has 1 aromatic heterocycles. The Morgan fingerprint density at radius 1 is 1.35 bits per heavy atom. The summed E-state index contributed by atoms with van der Waals surface area (Å²) in [6, 6.07) is 9.32. The van der Waals surface area contributed by atoms with Crippen molar-refractivity contribution in [2.45, 2.75) is 32.4 Å². The predicted octanol–water partition coefficient (Wildman–Crippen LogP) is 3.54. The maximum absolute atomic E-state index is 12.2. The molecule has 1 N–H and O–H groups in total. The fraction of sp³-hybridized carbons (Fsp3) is 0.389. The molecule has 1 aliphatic heterocycles. The maximum Gasteiger partial charge on any atom is 0.251 e. The van der Waals surface area contributed by atoms with Gasteiger partial charge in [-0.1, -0.05) is 0 Å². The molecule has 0 bridgehead atoms. The molecule has 0 saturated carbocycles. The lowest BCUT2D eigenvalue weighted by Crippen LogP contribution is -2.22. The molecule has 5 heteroatoms. The van der Waals surface area contributed by atoms with Crippen LogP contribution in [0, 0.1) is 6.92 Å². The third-order valence-corrected chi connectivity index (χ3v) is 4.98. The Morgan fingerprint density at radius 3 is 2.83 bits per heavy atom. The van der Waals surface area contributed by atoms with Gasteiger partial charge in [-0.2, -0.15) is 0 Å². The second kappa shape index (κ2) is 7.62. The van der Waals surface area contributed by atoms with E-state index in [9.17, 15) is 4.79 Å². The van der Waals surface area contributed by atoms with Gasteiger partial charge >= 0.3 is 0 Å². The second-order valence-electron chi connectivity index (χ2n) is 5.68. The Balaban J connectivity index is 1.49. The Bertz CT molecular complexity index is 645. The predicted molar refractivity (Wildman–Crippen MR) is 91.1 cm³/mol. The Hall–Kier alpha value is -1.85. The molecule has 1 aliphatic rings. The molecule has 122 valence electrons. The van der Waals surface area contributed by atoms with Crippen LogP contribution in [0.3, 0.4) is 0 Å². The van der Waals surface area contributed by atoms with Crippen LogP contribution in [-0.4, -0.2) is 25.2 Å². The van der Waals surface area contributed by atoms with E-state index in [0.29, 0.717) is 18.7 Å². The van der Waals surface area contributed by atoms with Crippen molar-refractivity contribution in [3.8, 4) is 5.75 Å². The number of ether oxygens (including phenoxy) is 2. The number of nitrogens with one attached hydrogen (secondary N) is 1. The van der Waals surface area contributed by atoms with Crippen molar-refractivity contribution in [1.82, 2.24) is 5.32 Å². The molecule has 1 aromatic carbocycles. The summed E-state index contributed by atoms with van der Waals surface area (Å²) in [5, 5.41) is 4.99. The van der Waals surface area contributed by atoms with Gasteiger partial charge in [0.15, 0.2) is 0 Å². The van der Waals surface area contributed by atoms with Gasteiger partial charge < -0.3 is 14.8 Å². The SMILES string of the molecule is Cc1ccsc1CNC(=O)c1ccc(OCC2CCCO2)cc1. The molecule has 4 nitrogen and oxygen atoms in total. The lowest BCUT2D eigenvalue weighted by molar-refractivity contribution is 0.0679. The minimum atomic E-state index is -0.0662. The first-order chi connectivity index (χ1) is 11.2. The number of benzene rings is 1. The van der Waals surface area contributed by atoms with Gasteiger partial charge in [0.05, 0.1) is 12.6 Å². The van der Waals surface area contributed by atoms with Gasteiger partial charge in [0.1, 0.15) is 12.4 Å². The van der Waals surface area contributed by atoms with E-state index in [2.05, 4.69) is 18.3 Å². The summed E-state index contributed by atoms with van der Waals surface area (Å²) in [4.78, 5) is 13.4. The highest BCUT2D eigenvalue weighted by atomic mass is 32.1. The zero-order valence-corrected chi connectivity index (χ0v) is 14.0. The van der Waals surface area contributed by atoms with Crippen LogP contribution >= 0.6 is 11.3 Å². The molecule has 0 spiro atoms. The molecule has 23 heavy (non-hydrogen) atoms. The van der Waals surface area contributed by atoms with Crippen molar-refractivity contribution in [3.63, 3.8) is 0 Å². The number of aryl methyl sites for hydroxylation is 1. The van der Waals surface area contributed by atoms with Crippen LogP contribution in [0.25, 0.3) is 0 Å². The van der Waals surface area contributed by atoms with E-state index in [4.69, 9.17) is 9.47 Å². The third kappa shape index (κ3) is 4.33. The standard InChI is InChI=1S/C18H21NO3S/c1-13-8-10-23-17(13)11-19-18(20)14-4-6-15(7-5-14)22-12-16-3-2-9-21-16/h4-8,10,16H,2-3,9,11-12H2,1H3,(H,19,20). The molecule has 2 aromatic rings. The number of thiophene rings is 1. The Morgan fingerprint density at radius 2 is 2.17 bits per heavy atom. The molecule has 1 atom stereocenters. The van der Waals surface area contributed by atoms with Crippen LogP contribution < -0.4 is 10.1 Å². The van der Waals surface area contributed by atoms with E-state index in [1.54, 1.807) is 23.5 Å². The number of amides is 1. The summed E-state index contributed by atoms with van der Waals surface area (Å²) >= 11 is 1.66. The lowest BCUT2D eigenvalue weighted by Gasteiger charge is -2.11. The average molecular weight is 331 g/mol. The van der Waals surface area contributed by atoms with E-state index >= 15 is 0 Å². The number of carbonyl (C=O) groups excluding carboxylic acids is 1. The van der Waals surface area contributed by atoms with Gasteiger partial charge in [0, 0.05) is 17.0 Å². The summed E-state index contributed by atoms with van der Waals surface area (Å²) in [5.74, 6) is 0.703. The maximum atomic E-state index is 12.2. The molecule has 1 amide bonds. The summed E-state index contributed by atoms with van der Waals surface area (Å²) < 4.78 is 11.2. The van der Waals surface area contributed by atoms with Gasteiger partial charge in [-0.3, -0.25) is 4.79 Å². The van der Waals surface area contributed by atoms with Gasteiger partial charge in [0.25, 0.3) is 5.91 Å². The van der Waals surface area contributed by atoms with Crippen LogP contribution in [0.4, 0.5) is 0 Å². The monoisotopic (exact) mass is 331 g/mol. The number of carbonyl (C=O) groups is 1. The second-order valence-corrected chi connectivity index (χ2v) is 6.68. The normalized spacial score (nSPS) is 17.2. The summed E-state index contributed by atoms with van der Waals surface area (Å²) in [6.45, 7) is 4.03. The van der Waals surface area contributed by atoms with Gasteiger partial charge in [-0.25, -0.2) is 0 Å². The summed E-state index contributed by atoms with van der Waals surface area (Å²) in [7, 11) is 0. The topological polar surface area (TPSA) is 47.6 Å². The van der Waals surface area contributed by atoms with Gasteiger partial charge in [-0.05, 0) is 61.0 Å². The van der Waals surface area contributed by atoms with Crippen molar-refractivity contribution in [3.05, 3.63) is 51.7 Å². The smallest absolute Gasteiger partial charge is 0.251 e. The highest BCUT2D eigenvalue weighted by molar-refractivity contribution is 7.10. The summed E-state index contributed by atoms with van der Waals surface area (Å²) in [5.41, 5.74) is 1.86. The zero-order valence-electron chi connectivity index (χ0n) is 13.2. The number of hydrogen-bond acceptors (Lipinski definition) is 4. The largest absolute Gasteiger partial charge is 0.491 e. The summed E-state index contributed by atoms with van der Waals surface area (Å²) in [6.07, 6.45) is 2.37. The van der Waals surface area contributed by atoms with Crippen molar-refractivity contribution >= 4 is 17.2 Å². The van der Waals surface area contributed by atoms with Crippen LogP contribution in [-0.2, 0) is 11.3 Å². The molecule has 0 aliphatic carbocycles. The fourth-order valence-corrected chi connectivity index (χ4v) is 3.36. The molecule has 1 unspecified atom stereocenters. The lowest BCUT2D eigenvalue weighted by atomic mass is 10.2. The van der Waals surface area contributed by atoms with Crippen molar-refractivity contribution in [2.75, 3.05) is 13.2 Å². The van der Waals surface area contributed by atoms with Crippen LogP contribution in [0.15, 0.2) is 35.7 Å². The van der Waals surface area contributed by atoms with Crippen molar-refractivity contribution < 1.29 is 14.3 Å². The van der Waals surface area contributed by atoms with E-state index < -0.39 is 0 Å². The quantitative estimate of drug-likeness (QED) is 0.881. The fourth-order valence-electron chi connectivity index (χ4n) is 2.52. The van der Waals surface area contributed by atoms with Crippen LogP contribution in [0.1, 0.15) is 33.6 Å². The van der Waals surface area contributed by atoms with Crippen LogP contribution in [0.5, 0.6) is 5.75 Å². The molecular weight excluding hydrogens is 310 g/mol. The number of hydrogen-bond donors (Lipinski definition) is 1. The molecule has 0 radical (unpaired) electrons. The Labute approximate surface area is 140 Å². The minimum absolute atomic E-state index is 0.0662. The van der Waals surface area contributed by atoms with Crippen LogP contribution in [0.2, 0.25) is 0 Å². The van der Waals surface area contributed by atoms with Crippen molar-refractivity contribution in [2.24, 2.45) is 0 Å². The minimum Gasteiger partial charge on any atom is -0.491 e. The zero-order chi connectivity index (χ0) is 16.1. The van der Waals surface area contributed by atoms with E-state index in [-0.39, 0.29) is 12.0 Å². The first-order valence-electron chi connectivity index (χ1n) is 7.88. The van der Waals surface area contributed by atoms with Crippen molar-refractivity contribution in [1.29, 1.82) is 0 Å².